The Morgan fingerprint density at radius 1 is 1.25 bits per heavy atom. The monoisotopic (exact) mass is 777 g/mol. The third-order valence-corrected chi connectivity index (χ3v) is 10.3. The molecular formula is C39H36F5N7O5. The largest absolute Gasteiger partial charge is 0.508 e. The first-order valence-corrected chi connectivity index (χ1v) is 17.6. The second-order valence-corrected chi connectivity index (χ2v) is 14.2. The van der Waals surface area contributed by atoms with Gasteiger partial charge in [0.2, 0.25) is 5.91 Å². The Morgan fingerprint density at radius 2 is 2.04 bits per heavy atom. The molecule has 0 saturated carbocycles. The maximum atomic E-state index is 15.0. The van der Waals surface area contributed by atoms with Crippen LogP contribution in [-0.2, 0) is 17.5 Å². The number of likely N-dealkylation sites (N-methyl/N-ethyl adjacent to an activating group) is 1. The minimum Gasteiger partial charge on any atom is -0.508 e. The van der Waals surface area contributed by atoms with E-state index in [0.29, 0.717) is 18.4 Å². The number of benzene rings is 2. The van der Waals surface area contributed by atoms with Gasteiger partial charge < -0.3 is 29.3 Å². The molecule has 12 nitrogen and oxygen atoms in total. The number of amides is 2. The zero-order valence-corrected chi connectivity index (χ0v) is 30.3. The molecule has 0 aliphatic carbocycles. The van der Waals surface area contributed by atoms with E-state index in [4.69, 9.17) is 15.9 Å². The highest BCUT2D eigenvalue weighted by atomic mass is 19.4. The first-order valence-electron chi connectivity index (χ1n) is 17.6. The van der Waals surface area contributed by atoms with Crippen LogP contribution < -0.4 is 24.2 Å². The number of rotatable bonds is 9. The fourth-order valence-corrected chi connectivity index (χ4v) is 7.69. The summed E-state index contributed by atoms with van der Waals surface area (Å²) < 4.78 is 81.7. The first-order chi connectivity index (χ1) is 26.6. The number of phenolic OH excluding ortho intramolecular Hbond substituents is 1. The van der Waals surface area contributed by atoms with Gasteiger partial charge in [0.25, 0.3) is 0 Å². The lowest BCUT2D eigenvalue weighted by Crippen LogP contribution is -2.46. The van der Waals surface area contributed by atoms with E-state index in [1.165, 1.54) is 30.3 Å². The Bertz CT molecular complexity index is 2270. The number of aromatic hydroxyl groups is 1. The van der Waals surface area contributed by atoms with Gasteiger partial charge in [-0.2, -0.15) is 23.1 Å². The third kappa shape index (κ3) is 7.06. The summed E-state index contributed by atoms with van der Waals surface area (Å²) in [4.78, 5) is 45.2. The lowest BCUT2D eigenvalue weighted by atomic mass is 9.99. The number of hydrogen-bond donors (Lipinski definition) is 1. The number of ether oxygens (including phenoxy) is 2. The van der Waals surface area contributed by atoms with E-state index < -0.39 is 35.5 Å². The average Bonchev–Trinajstić information content (AvgIpc) is 3.75. The number of nitrogens with zero attached hydrogens (tertiary/aromatic N) is 7. The van der Waals surface area contributed by atoms with Crippen LogP contribution in [-0.4, -0.2) is 88.0 Å². The van der Waals surface area contributed by atoms with E-state index in [-0.39, 0.29) is 96.0 Å². The van der Waals surface area contributed by atoms with Gasteiger partial charge in [-0.15, -0.1) is 6.42 Å². The van der Waals surface area contributed by atoms with Crippen molar-refractivity contribution in [1.29, 1.82) is 0 Å². The van der Waals surface area contributed by atoms with E-state index in [9.17, 15) is 32.3 Å². The molecule has 3 aliphatic heterocycles. The smallest absolute Gasteiger partial charge is 0.433 e. The van der Waals surface area contributed by atoms with Gasteiger partial charge in [0.15, 0.2) is 11.6 Å². The second-order valence-electron chi connectivity index (χ2n) is 14.2. The topological polar surface area (TPSA) is 124 Å². The Kier molecular flexibility index (Phi) is 9.85. The molecule has 5 heterocycles. The maximum Gasteiger partial charge on any atom is 0.433 e. The molecule has 1 N–H and O–H groups in total. The van der Waals surface area contributed by atoms with Crippen LogP contribution in [0.4, 0.5) is 43.9 Å². The maximum absolute atomic E-state index is 15.0. The van der Waals surface area contributed by atoms with Crippen molar-refractivity contribution in [2.45, 2.75) is 56.7 Å². The lowest BCUT2D eigenvalue weighted by molar-refractivity contribution is -0.141. The number of terminal acetylenes is 1. The van der Waals surface area contributed by atoms with Crippen LogP contribution in [0.25, 0.3) is 10.8 Å². The predicted molar refractivity (Wildman–Crippen MR) is 196 cm³/mol. The summed E-state index contributed by atoms with van der Waals surface area (Å²) in [6, 6.07) is 6.82. The molecule has 3 aliphatic rings. The zero-order chi connectivity index (χ0) is 40.1. The number of hydrogen-bond acceptors (Lipinski definition) is 10. The number of carbonyl (C=O) groups is 2. The first kappa shape index (κ1) is 38.1. The summed E-state index contributed by atoms with van der Waals surface area (Å²) in [5.41, 5.74) is -1.84. The Balaban J connectivity index is 1.25. The summed E-state index contributed by atoms with van der Waals surface area (Å²) in [5.74, 6) is 1.27. The van der Waals surface area contributed by atoms with E-state index in [2.05, 4.69) is 27.5 Å². The Morgan fingerprint density at radius 3 is 2.73 bits per heavy atom. The molecule has 17 heteroatoms. The number of pyridine rings is 1. The molecule has 2 aromatic heterocycles. The van der Waals surface area contributed by atoms with Crippen molar-refractivity contribution in [1.82, 2.24) is 19.9 Å². The molecule has 2 saturated heterocycles. The molecule has 2 aromatic carbocycles. The SMILES string of the molecule is C#Cc1c(F)ccc2cc(O)cc(N3Cc4nc(OC[C@]5(C)C[C@@H](F)CN5c5ccc(C(F)(F)F)nc5)nc(N(C)C[C@@H]5CCCN5C(=O)C=C)c4OC3=O)c12. The summed E-state index contributed by atoms with van der Waals surface area (Å²) >= 11 is 0. The number of anilines is 3. The Labute approximate surface area is 318 Å². The second kappa shape index (κ2) is 14.5. The average molecular weight is 778 g/mol. The molecule has 7 rings (SSSR count). The van der Waals surface area contributed by atoms with E-state index in [1.54, 1.807) is 28.7 Å². The lowest BCUT2D eigenvalue weighted by Gasteiger charge is -2.36. The molecule has 0 bridgehead atoms. The van der Waals surface area contributed by atoms with Crippen molar-refractivity contribution in [3.63, 3.8) is 0 Å². The highest BCUT2D eigenvalue weighted by Gasteiger charge is 2.44. The molecule has 0 radical (unpaired) electrons. The van der Waals surface area contributed by atoms with Gasteiger partial charge in [0.1, 0.15) is 35.7 Å². The van der Waals surface area contributed by atoms with Gasteiger partial charge in [0, 0.05) is 44.1 Å². The summed E-state index contributed by atoms with van der Waals surface area (Å²) in [5, 5.41) is 11.1. The summed E-state index contributed by atoms with van der Waals surface area (Å²) in [6.45, 7) is 5.47. The van der Waals surface area contributed by atoms with Crippen LogP contribution in [0.5, 0.6) is 17.5 Å². The van der Waals surface area contributed by atoms with Crippen LogP contribution in [0.3, 0.4) is 0 Å². The predicted octanol–water partition coefficient (Wildman–Crippen LogP) is 6.39. The standard InChI is InChI=1S/C39H36F5N7O5/c1-5-27-28(41)11-9-22-14-26(52)15-30(33(22)27)50-20-29-34(56-37(50)54)35(48(4)19-25-8-7-13-49(25)32(53)6-2)47-36(46-29)55-21-38(3)16-23(40)18-51(38)24-10-12-31(45-17-24)39(42,43)44/h1,6,9-12,14-15,17,23,25,52H,2,7-8,13,16,18-21H2,3-4H3/t23-,25+,38+/m1/s1. The summed E-state index contributed by atoms with van der Waals surface area (Å²) in [6.07, 6.45) is 2.48. The van der Waals surface area contributed by atoms with Gasteiger partial charge in [0.05, 0.1) is 41.8 Å². The van der Waals surface area contributed by atoms with Crippen LogP contribution in [0, 0.1) is 18.2 Å². The normalized spacial score (nSPS) is 20.8. The number of aromatic nitrogens is 3. The molecule has 2 fully saturated rings. The molecule has 292 valence electrons. The molecule has 4 aromatic rings. The number of halogens is 5. The fraction of sp³-hybridized carbons (Fsp3) is 0.359. The van der Waals surface area contributed by atoms with Crippen LogP contribution in [0.15, 0.2) is 55.3 Å². The van der Waals surface area contributed by atoms with Crippen molar-refractivity contribution in [3.8, 4) is 29.9 Å². The molecule has 0 spiro atoms. The highest BCUT2D eigenvalue weighted by molar-refractivity contribution is 6.06. The molecule has 3 atom stereocenters. The van der Waals surface area contributed by atoms with Crippen molar-refractivity contribution in [2.75, 3.05) is 48.0 Å². The van der Waals surface area contributed by atoms with Gasteiger partial charge in [-0.1, -0.05) is 18.6 Å². The molecular weight excluding hydrogens is 741 g/mol. The minimum absolute atomic E-state index is 0.0122. The van der Waals surface area contributed by atoms with Gasteiger partial charge in [-0.25, -0.2) is 18.6 Å². The van der Waals surface area contributed by atoms with Gasteiger partial charge >= 0.3 is 18.3 Å². The van der Waals surface area contributed by atoms with E-state index in [0.717, 1.165) is 29.7 Å². The van der Waals surface area contributed by atoms with Crippen LogP contribution in [0.1, 0.15) is 43.1 Å². The van der Waals surface area contributed by atoms with E-state index >= 15 is 4.39 Å². The van der Waals surface area contributed by atoms with Crippen molar-refractivity contribution in [2.24, 2.45) is 0 Å². The number of fused-ring (bicyclic) bond motifs is 2. The third-order valence-electron chi connectivity index (χ3n) is 10.3. The van der Waals surface area contributed by atoms with Crippen LogP contribution >= 0.6 is 0 Å². The quantitative estimate of drug-likeness (QED) is 0.116. The van der Waals surface area contributed by atoms with E-state index in [1.807, 2.05) is 0 Å². The number of carbonyl (C=O) groups excluding carboxylic acids is 2. The van der Waals surface area contributed by atoms with Gasteiger partial charge in [-0.05, 0) is 55.5 Å². The zero-order valence-electron chi connectivity index (χ0n) is 30.3. The highest BCUT2D eigenvalue weighted by Crippen LogP contribution is 2.42. The number of phenols is 1. The molecule has 56 heavy (non-hydrogen) atoms. The number of alkyl halides is 4. The minimum atomic E-state index is -4.65. The van der Waals surface area contributed by atoms with Crippen molar-refractivity contribution < 1.29 is 46.1 Å². The molecule has 0 unspecified atom stereocenters. The fourth-order valence-electron chi connectivity index (χ4n) is 7.69. The summed E-state index contributed by atoms with van der Waals surface area (Å²) in [7, 11) is 1.69. The van der Waals surface area contributed by atoms with Gasteiger partial charge in [-0.3, -0.25) is 9.69 Å². The number of likely N-dealkylation sites (tertiary alicyclic amines) is 1. The van der Waals surface area contributed by atoms with Crippen molar-refractivity contribution in [3.05, 3.63) is 78.0 Å². The van der Waals surface area contributed by atoms with Crippen molar-refractivity contribution >= 4 is 40.0 Å². The van der Waals surface area contributed by atoms with Crippen LogP contribution in [0.2, 0.25) is 0 Å². The molecule has 2 amide bonds. The Hall–Kier alpha value is -6.18.